The van der Waals surface area contributed by atoms with Crippen LogP contribution in [0.25, 0.3) is 0 Å². The smallest absolute Gasteiger partial charge is 0.193 e. The van der Waals surface area contributed by atoms with Gasteiger partial charge in [-0.05, 0) is 31.0 Å². The fraction of sp³-hybridized carbons (Fsp3) is 0.235. The second-order valence-corrected chi connectivity index (χ2v) is 5.40. The van der Waals surface area contributed by atoms with Gasteiger partial charge in [0.05, 0.1) is 5.69 Å². The molecule has 1 aliphatic heterocycles. The molecule has 0 bridgehead atoms. The van der Waals surface area contributed by atoms with Gasteiger partial charge in [-0.2, -0.15) is 0 Å². The number of halogens is 1. The quantitative estimate of drug-likeness (QED) is 0.848. The van der Waals surface area contributed by atoms with Crippen molar-refractivity contribution in [3.05, 3.63) is 64.7 Å². The highest BCUT2D eigenvalue weighted by Gasteiger charge is 2.20. The van der Waals surface area contributed by atoms with Gasteiger partial charge in [-0.15, -0.1) is 12.4 Å². The van der Waals surface area contributed by atoms with Crippen LogP contribution in [0.4, 0.5) is 5.69 Å². The van der Waals surface area contributed by atoms with Crippen molar-refractivity contribution in [2.75, 3.05) is 6.54 Å². The second-order valence-electron chi connectivity index (χ2n) is 5.40. The molecule has 2 aromatic rings. The molecule has 0 aliphatic carbocycles. The first-order chi connectivity index (χ1) is 9.63. The molecule has 1 atom stereocenters. The van der Waals surface area contributed by atoms with Crippen LogP contribution in [-0.4, -0.2) is 12.5 Å². The van der Waals surface area contributed by atoms with Crippen molar-refractivity contribution in [2.45, 2.75) is 19.8 Å². The maximum absolute atomic E-state index is 5.89. The normalized spacial score (nSPS) is 16.9. The molecule has 0 saturated carbocycles. The van der Waals surface area contributed by atoms with Gasteiger partial charge in [0.15, 0.2) is 5.96 Å². The van der Waals surface area contributed by atoms with E-state index in [2.05, 4.69) is 60.6 Å². The van der Waals surface area contributed by atoms with Crippen LogP contribution in [0.5, 0.6) is 0 Å². The first-order valence-electron chi connectivity index (χ1n) is 6.88. The number of aliphatic imine (C=N–C) groups is 1. The van der Waals surface area contributed by atoms with E-state index in [9.17, 15) is 0 Å². The van der Waals surface area contributed by atoms with Crippen LogP contribution >= 0.6 is 12.4 Å². The lowest BCUT2D eigenvalue weighted by molar-refractivity contribution is 0.763. The highest BCUT2D eigenvalue weighted by molar-refractivity contribution is 5.85. The minimum absolute atomic E-state index is 0. The highest BCUT2D eigenvalue weighted by Crippen LogP contribution is 2.34. The Balaban J connectivity index is 0.00000161. The van der Waals surface area contributed by atoms with E-state index in [1.165, 1.54) is 22.3 Å². The van der Waals surface area contributed by atoms with Crippen LogP contribution in [-0.2, 0) is 0 Å². The lowest BCUT2D eigenvalue weighted by Gasteiger charge is -2.18. The molecule has 3 rings (SSSR count). The molecule has 1 aliphatic rings. The lowest BCUT2D eigenvalue weighted by Crippen LogP contribution is -2.33. The molecule has 1 heterocycles. The van der Waals surface area contributed by atoms with E-state index in [1.807, 2.05) is 6.07 Å². The number of nitrogens with zero attached hydrogens (tertiary/aromatic N) is 1. The number of guanidine groups is 1. The lowest BCUT2D eigenvalue weighted by atomic mass is 9.89. The summed E-state index contributed by atoms with van der Waals surface area (Å²) < 4.78 is 0. The van der Waals surface area contributed by atoms with E-state index < -0.39 is 0 Å². The van der Waals surface area contributed by atoms with Crippen LogP contribution in [0, 0.1) is 13.8 Å². The maximum atomic E-state index is 5.89. The first-order valence-corrected chi connectivity index (χ1v) is 6.88. The Bertz CT molecular complexity index is 662. The number of hydrogen-bond acceptors (Lipinski definition) is 3. The van der Waals surface area contributed by atoms with Crippen molar-refractivity contribution in [2.24, 2.45) is 10.7 Å². The zero-order valence-corrected chi connectivity index (χ0v) is 13.1. The summed E-state index contributed by atoms with van der Waals surface area (Å²) in [6.07, 6.45) is 0. The molecule has 21 heavy (non-hydrogen) atoms. The number of aryl methyl sites for hydroxylation is 2. The van der Waals surface area contributed by atoms with Gasteiger partial charge in [0.2, 0.25) is 0 Å². The minimum atomic E-state index is 0. The Hall–Kier alpha value is -2.00. The summed E-state index contributed by atoms with van der Waals surface area (Å²) in [5.74, 6) is 0.764. The summed E-state index contributed by atoms with van der Waals surface area (Å²) in [5, 5.41) is 3.20. The van der Waals surface area contributed by atoms with Gasteiger partial charge in [0.25, 0.3) is 0 Å². The predicted octanol–water partition coefficient (Wildman–Crippen LogP) is 3.41. The minimum Gasteiger partial charge on any atom is -0.370 e. The summed E-state index contributed by atoms with van der Waals surface area (Å²) in [7, 11) is 0. The number of nitrogens with two attached hydrogens (primary N) is 1. The molecule has 2 aromatic carbocycles. The highest BCUT2D eigenvalue weighted by atomic mass is 35.5. The molecular weight excluding hydrogens is 282 g/mol. The average molecular weight is 302 g/mol. The van der Waals surface area contributed by atoms with E-state index >= 15 is 0 Å². The van der Waals surface area contributed by atoms with Gasteiger partial charge in [-0.1, -0.05) is 47.5 Å². The summed E-state index contributed by atoms with van der Waals surface area (Å²) in [6, 6.07) is 15.0. The fourth-order valence-electron chi connectivity index (χ4n) is 2.64. The molecular formula is C17H20ClN3. The number of fused-ring (bicyclic) bond motifs is 1. The SMILES string of the molecule is Cc1ccc(C2CNC(N)=Nc3ccc(C)cc32)cc1.Cl. The zero-order valence-electron chi connectivity index (χ0n) is 12.3. The third-order valence-electron chi connectivity index (χ3n) is 3.77. The van der Waals surface area contributed by atoms with Gasteiger partial charge >= 0.3 is 0 Å². The second kappa shape index (κ2) is 6.19. The standard InChI is InChI=1S/C17H19N3.ClH/c1-11-3-6-13(7-4-11)15-10-19-17(18)20-16-8-5-12(2)9-14(15)16;/h3-9,15H,10H2,1-2H3,(H3,18,19,20);1H. The third kappa shape index (κ3) is 3.19. The van der Waals surface area contributed by atoms with Crippen molar-refractivity contribution >= 4 is 24.1 Å². The molecule has 110 valence electrons. The third-order valence-corrected chi connectivity index (χ3v) is 3.77. The molecule has 4 heteroatoms. The van der Waals surface area contributed by atoms with Crippen LogP contribution in [0.3, 0.4) is 0 Å². The van der Waals surface area contributed by atoms with Crippen LogP contribution in [0.2, 0.25) is 0 Å². The molecule has 0 amide bonds. The monoisotopic (exact) mass is 301 g/mol. The van der Waals surface area contributed by atoms with E-state index in [0.29, 0.717) is 5.96 Å². The van der Waals surface area contributed by atoms with Crippen LogP contribution in [0.15, 0.2) is 47.5 Å². The van der Waals surface area contributed by atoms with Crippen molar-refractivity contribution in [3.8, 4) is 0 Å². The van der Waals surface area contributed by atoms with Gasteiger partial charge in [0, 0.05) is 12.5 Å². The van der Waals surface area contributed by atoms with Gasteiger partial charge in [-0.25, -0.2) is 4.99 Å². The molecule has 0 aromatic heterocycles. The van der Waals surface area contributed by atoms with Crippen molar-refractivity contribution in [1.82, 2.24) is 5.32 Å². The molecule has 3 N–H and O–H groups in total. The summed E-state index contributed by atoms with van der Waals surface area (Å²) in [6.45, 7) is 4.99. The van der Waals surface area contributed by atoms with Crippen molar-refractivity contribution in [3.63, 3.8) is 0 Å². The predicted molar refractivity (Wildman–Crippen MR) is 90.7 cm³/mol. The fourth-order valence-corrected chi connectivity index (χ4v) is 2.64. The molecule has 0 saturated heterocycles. The maximum Gasteiger partial charge on any atom is 0.193 e. The van der Waals surface area contributed by atoms with E-state index in [0.717, 1.165) is 12.2 Å². The largest absolute Gasteiger partial charge is 0.370 e. The molecule has 3 nitrogen and oxygen atoms in total. The Labute approximate surface area is 131 Å². The van der Waals surface area contributed by atoms with Crippen LogP contribution < -0.4 is 11.1 Å². The Morgan fingerprint density at radius 2 is 1.71 bits per heavy atom. The summed E-state index contributed by atoms with van der Waals surface area (Å²) in [4.78, 5) is 4.46. The Morgan fingerprint density at radius 3 is 2.43 bits per heavy atom. The van der Waals surface area contributed by atoms with Crippen LogP contribution in [0.1, 0.15) is 28.2 Å². The number of hydrogen-bond donors (Lipinski definition) is 2. The zero-order chi connectivity index (χ0) is 14.1. The van der Waals surface area contributed by atoms with E-state index in [-0.39, 0.29) is 18.3 Å². The number of benzene rings is 2. The van der Waals surface area contributed by atoms with Gasteiger partial charge in [0.1, 0.15) is 0 Å². The first kappa shape index (κ1) is 15.4. The summed E-state index contributed by atoms with van der Waals surface area (Å²) in [5.41, 5.74) is 11.9. The average Bonchev–Trinajstić information content (AvgIpc) is 2.58. The van der Waals surface area contributed by atoms with Gasteiger partial charge < -0.3 is 11.1 Å². The van der Waals surface area contributed by atoms with Crippen molar-refractivity contribution < 1.29 is 0 Å². The topological polar surface area (TPSA) is 50.4 Å². The molecule has 0 spiro atoms. The number of nitrogens with one attached hydrogen (secondary N) is 1. The van der Waals surface area contributed by atoms with E-state index in [1.54, 1.807) is 0 Å². The molecule has 0 radical (unpaired) electrons. The summed E-state index contributed by atoms with van der Waals surface area (Å²) >= 11 is 0. The Morgan fingerprint density at radius 1 is 1.05 bits per heavy atom. The Kier molecular flexibility index (Phi) is 4.53. The molecule has 0 fully saturated rings. The molecule has 1 unspecified atom stereocenters. The van der Waals surface area contributed by atoms with Gasteiger partial charge in [-0.3, -0.25) is 0 Å². The van der Waals surface area contributed by atoms with Crippen molar-refractivity contribution in [1.29, 1.82) is 0 Å². The van der Waals surface area contributed by atoms with E-state index in [4.69, 9.17) is 5.73 Å². The number of rotatable bonds is 1.